The van der Waals surface area contributed by atoms with Gasteiger partial charge in [0.1, 0.15) is 29.8 Å². The van der Waals surface area contributed by atoms with Gasteiger partial charge < -0.3 is 20.3 Å². The summed E-state index contributed by atoms with van der Waals surface area (Å²) < 4.78 is 47.3. The van der Waals surface area contributed by atoms with Gasteiger partial charge in [0.05, 0.1) is 25.1 Å². The number of ether oxygens (including phenoxy) is 1. The molecule has 12 heteroatoms. The average Bonchev–Trinajstić information content (AvgIpc) is 3.20. The summed E-state index contributed by atoms with van der Waals surface area (Å²) in [6, 6.07) is 2.76. The molecule has 1 aliphatic rings. The van der Waals surface area contributed by atoms with Gasteiger partial charge in [-0.2, -0.15) is 10.1 Å². The summed E-state index contributed by atoms with van der Waals surface area (Å²) in [5.74, 6) is -2.48. The number of carbonyl (C=O) groups excluding carboxylic acids is 1. The van der Waals surface area contributed by atoms with Gasteiger partial charge in [0, 0.05) is 49.7 Å². The average molecular weight is 447 g/mol. The van der Waals surface area contributed by atoms with E-state index in [1.807, 2.05) is 0 Å². The predicted octanol–water partition coefficient (Wildman–Crippen LogP) is 2.30. The van der Waals surface area contributed by atoms with Crippen LogP contribution in [0.1, 0.15) is 5.56 Å². The topological polar surface area (TPSA) is 97.2 Å². The second-order valence-corrected chi connectivity index (χ2v) is 7.01. The molecule has 1 saturated heterocycles. The molecule has 0 aliphatic carbocycles. The van der Waals surface area contributed by atoms with E-state index in [2.05, 4.69) is 25.7 Å². The molecule has 9 nitrogen and oxygen atoms in total. The summed E-state index contributed by atoms with van der Waals surface area (Å²) >= 11 is 0. The lowest BCUT2D eigenvalue weighted by molar-refractivity contribution is -0.136. The molecule has 0 radical (unpaired) electrons. The zero-order chi connectivity index (χ0) is 22.5. The standard InChI is InChI=1S/C20H20F3N7O2/c21-13-7-16(22)15(17(23)8-13)10-25-18-1-2-24-20(28-18)27-14-9-26-30(11-14)12-19(31)29-3-5-32-6-4-29/h1-2,7-9,11H,3-6,10,12H2,(H2,24,25,27,28). The van der Waals surface area contributed by atoms with Crippen molar-refractivity contribution >= 4 is 23.4 Å². The third-order valence-corrected chi connectivity index (χ3v) is 4.76. The molecule has 0 spiro atoms. The highest BCUT2D eigenvalue weighted by atomic mass is 19.1. The number of nitrogens with one attached hydrogen (secondary N) is 2. The van der Waals surface area contributed by atoms with Crippen LogP contribution in [0.5, 0.6) is 0 Å². The van der Waals surface area contributed by atoms with Crippen molar-refractivity contribution in [2.24, 2.45) is 0 Å². The zero-order valence-electron chi connectivity index (χ0n) is 16.9. The molecule has 0 bridgehead atoms. The number of morpholine rings is 1. The molecule has 0 atom stereocenters. The fourth-order valence-corrected chi connectivity index (χ4v) is 3.13. The number of benzene rings is 1. The van der Waals surface area contributed by atoms with Crippen LogP contribution >= 0.6 is 0 Å². The molecule has 2 N–H and O–H groups in total. The van der Waals surface area contributed by atoms with Gasteiger partial charge in [-0.15, -0.1) is 0 Å². The summed E-state index contributed by atoms with van der Waals surface area (Å²) in [5, 5.41) is 9.90. The van der Waals surface area contributed by atoms with Gasteiger partial charge in [0.15, 0.2) is 0 Å². The van der Waals surface area contributed by atoms with Gasteiger partial charge >= 0.3 is 0 Å². The van der Waals surface area contributed by atoms with Gasteiger partial charge in [-0.25, -0.2) is 18.2 Å². The summed E-state index contributed by atoms with van der Waals surface area (Å²) in [6.45, 7) is 2.05. The molecule has 1 amide bonds. The van der Waals surface area contributed by atoms with Crippen LogP contribution in [-0.2, 0) is 22.6 Å². The molecule has 1 aliphatic heterocycles. The van der Waals surface area contributed by atoms with Gasteiger partial charge in [-0.05, 0) is 6.07 Å². The van der Waals surface area contributed by atoms with Crippen LogP contribution in [0, 0.1) is 17.5 Å². The van der Waals surface area contributed by atoms with Crippen LogP contribution in [0.4, 0.5) is 30.6 Å². The molecular weight excluding hydrogens is 427 g/mol. The number of hydrogen-bond acceptors (Lipinski definition) is 7. The molecule has 4 rings (SSSR count). The third-order valence-electron chi connectivity index (χ3n) is 4.76. The van der Waals surface area contributed by atoms with Crippen LogP contribution in [0.2, 0.25) is 0 Å². The Labute approximate surface area is 181 Å². The lowest BCUT2D eigenvalue weighted by atomic mass is 10.2. The van der Waals surface area contributed by atoms with Crippen molar-refractivity contribution in [1.29, 1.82) is 0 Å². The molecule has 0 saturated carbocycles. The number of carbonyl (C=O) groups is 1. The molecular formula is C20H20F3N7O2. The Hall–Kier alpha value is -3.67. The fourth-order valence-electron chi connectivity index (χ4n) is 3.13. The second-order valence-electron chi connectivity index (χ2n) is 7.01. The first-order valence-corrected chi connectivity index (χ1v) is 9.83. The number of nitrogens with zero attached hydrogens (tertiary/aromatic N) is 5. The Morgan fingerprint density at radius 2 is 1.91 bits per heavy atom. The highest BCUT2D eigenvalue weighted by Gasteiger charge is 2.17. The van der Waals surface area contributed by atoms with Gasteiger partial charge in [0.2, 0.25) is 11.9 Å². The lowest BCUT2D eigenvalue weighted by Crippen LogP contribution is -2.42. The van der Waals surface area contributed by atoms with E-state index in [1.165, 1.54) is 23.1 Å². The Morgan fingerprint density at radius 3 is 2.66 bits per heavy atom. The highest BCUT2D eigenvalue weighted by molar-refractivity contribution is 5.76. The molecule has 3 heterocycles. The largest absolute Gasteiger partial charge is 0.378 e. The minimum Gasteiger partial charge on any atom is -0.378 e. The molecule has 0 unspecified atom stereocenters. The summed E-state index contributed by atoms with van der Waals surface area (Å²) in [4.78, 5) is 22.4. The maximum absolute atomic E-state index is 13.8. The molecule has 3 aromatic rings. The first-order valence-electron chi connectivity index (χ1n) is 9.83. The van der Waals surface area contributed by atoms with Gasteiger partial charge in [0.25, 0.3) is 0 Å². The Balaban J connectivity index is 1.35. The highest BCUT2D eigenvalue weighted by Crippen LogP contribution is 2.18. The van der Waals surface area contributed by atoms with Crippen molar-refractivity contribution in [1.82, 2.24) is 24.6 Å². The summed E-state index contributed by atoms with van der Waals surface area (Å²) in [7, 11) is 0. The van der Waals surface area contributed by atoms with Gasteiger partial charge in [-0.3, -0.25) is 9.48 Å². The van der Waals surface area contributed by atoms with E-state index < -0.39 is 17.5 Å². The smallest absolute Gasteiger partial charge is 0.244 e. The molecule has 32 heavy (non-hydrogen) atoms. The van der Waals surface area contributed by atoms with Crippen molar-refractivity contribution < 1.29 is 22.7 Å². The first-order chi connectivity index (χ1) is 15.5. The van der Waals surface area contributed by atoms with Crippen LogP contribution < -0.4 is 10.6 Å². The van der Waals surface area contributed by atoms with E-state index >= 15 is 0 Å². The Morgan fingerprint density at radius 1 is 1.16 bits per heavy atom. The second kappa shape index (κ2) is 9.64. The van der Waals surface area contributed by atoms with Crippen molar-refractivity contribution in [3.8, 4) is 0 Å². The van der Waals surface area contributed by atoms with Crippen LogP contribution in [0.3, 0.4) is 0 Å². The number of halogens is 3. The number of anilines is 3. The molecule has 2 aromatic heterocycles. The van der Waals surface area contributed by atoms with Crippen molar-refractivity contribution in [3.63, 3.8) is 0 Å². The van der Waals surface area contributed by atoms with Gasteiger partial charge in [-0.1, -0.05) is 0 Å². The van der Waals surface area contributed by atoms with E-state index in [0.717, 1.165) is 0 Å². The maximum Gasteiger partial charge on any atom is 0.244 e. The normalized spacial score (nSPS) is 13.8. The minimum absolute atomic E-state index is 0.0503. The van der Waals surface area contributed by atoms with Crippen molar-refractivity contribution in [2.75, 3.05) is 36.9 Å². The van der Waals surface area contributed by atoms with Crippen molar-refractivity contribution in [2.45, 2.75) is 13.1 Å². The van der Waals surface area contributed by atoms with E-state index in [4.69, 9.17) is 4.74 Å². The number of amides is 1. The zero-order valence-corrected chi connectivity index (χ0v) is 16.9. The third kappa shape index (κ3) is 5.32. The first kappa shape index (κ1) is 21.6. The molecule has 1 aromatic carbocycles. The molecule has 1 fully saturated rings. The van der Waals surface area contributed by atoms with E-state index in [0.29, 0.717) is 49.9 Å². The van der Waals surface area contributed by atoms with E-state index in [1.54, 1.807) is 11.1 Å². The van der Waals surface area contributed by atoms with Crippen LogP contribution in [-0.4, -0.2) is 56.9 Å². The number of hydrogen-bond donors (Lipinski definition) is 2. The van der Waals surface area contributed by atoms with Crippen LogP contribution in [0.25, 0.3) is 0 Å². The summed E-state index contributed by atoms with van der Waals surface area (Å²) in [5.41, 5.74) is 0.262. The Bertz CT molecular complexity index is 1080. The number of rotatable bonds is 7. The molecule has 168 valence electrons. The number of aromatic nitrogens is 4. The predicted molar refractivity (Wildman–Crippen MR) is 109 cm³/mol. The SMILES string of the molecule is O=C(Cn1cc(Nc2nccc(NCc3c(F)cc(F)cc3F)n2)cn1)N1CCOCC1. The summed E-state index contributed by atoms with van der Waals surface area (Å²) in [6.07, 6.45) is 4.63. The fraction of sp³-hybridized carbons (Fsp3) is 0.300. The monoisotopic (exact) mass is 447 g/mol. The quantitative estimate of drug-likeness (QED) is 0.574. The van der Waals surface area contributed by atoms with Crippen molar-refractivity contribution in [3.05, 3.63) is 59.8 Å². The van der Waals surface area contributed by atoms with Crippen LogP contribution in [0.15, 0.2) is 36.8 Å². The van der Waals surface area contributed by atoms with E-state index in [-0.39, 0.29) is 30.5 Å². The minimum atomic E-state index is -0.985. The van der Waals surface area contributed by atoms with E-state index in [9.17, 15) is 18.0 Å². The Kier molecular flexibility index (Phi) is 6.50. The lowest BCUT2D eigenvalue weighted by Gasteiger charge is -2.26. The maximum atomic E-state index is 13.8.